The van der Waals surface area contributed by atoms with Gasteiger partial charge in [0.1, 0.15) is 5.75 Å². The number of ketones is 1. The monoisotopic (exact) mass is 229 g/mol. The Hall–Kier alpha value is -2.03. The van der Waals surface area contributed by atoms with Crippen molar-refractivity contribution in [3.8, 4) is 5.75 Å². The Morgan fingerprint density at radius 3 is 2.88 bits per heavy atom. The number of rotatable bonds is 4. The van der Waals surface area contributed by atoms with Crippen LogP contribution in [0.25, 0.3) is 10.8 Å². The predicted molar refractivity (Wildman–Crippen MR) is 69.4 cm³/mol. The van der Waals surface area contributed by atoms with Crippen LogP contribution in [-0.4, -0.2) is 17.4 Å². The average molecular weight is 229 g/mol. The van der Waals surface area contributed by atoms with Gasteiger partial charge < -0.3 is 10.4 Å². The fraction of sp³-hybridized carbons (Fsp3) is 0.214. The first-order chi connectivity index (χ1) is 8.20. The van der Waals surface area contributed by atoms with Crippen molar-refractivity contribution in [3.63, 3.8) is 0 Å². The van der Waals surface area contributed by atoms with Crippen LogP contribution in [0.1, 0.15) is 13.3 Å². The van der Waals surface area contributed by atoms with Crippen LogP contribution in [0, 0.1) is 0 Å². The third-order valence-electron chi connectivity index (χ3n) is 2.74. The maximum absolute atomic E-state index is 11.3. The predicted octanol–water partition coefficient (Wildman–Crippen LogP) is 2.94. The zero-order valence-electron chi connectivity index (χ0n) is 9.73. The number of hydrogen-bond donors (Lipinski definition) is 2. The zero-order chi connectivity index (χ0) is 12.3. The summed E-state index contributed by atoms with van der Waals surface area (Å²) in [5.74, 6) is 0.399. The third-order valence-corrected chi connectivity index (χ3v) is 2.74. The van der Waals surface area contributed by atoms with Crippen LogP contribution < -0.4 is 5.32 Å². The summed E-state index contributed by atoms with van der Waals surface area (Å²) in [7, 11) is 0. The number of carbonyl (C=O) groups is 1. The normalized spacial score (nSPS) is 10.4. The summed E-state index contributed by atoms with van der Waals surface area (Å²) in [5, 5.41) is 14.6. The van der Waals surface area contributed by atoms with E-state index in [1.165, 1.54) is 0 Å². The minimum atomic E-state index is 0.169. The quantitative estimate of drug-likeness (QED) is 0.847. The standard InChI is InChI=1S/C14H15NO2/c1-2-11(16)9-15-14-5-3-4-10-6-7-12(17)8-13(10)14/h3-8,15,17H,2,9H2,1H3. The molecule has 17 heavy (non-hydrogen) atoms. The van der Waals surface area contributed by atoms with Crippen molar-refractivity contribution in [1.29, 1.82) is 0 Å². The number of anilines is 1. The first-order valence-electron chi connectivity index (χ1n) is 5.68. The van der Waals surface area contributed by atoms with E-state index < -0.39 is 0 Å². The van der Waals surface area contributed by atoms with E-state index in [1.807, 2.05) is 31.2 Å². The zero-order valence-corrected chi connectivity index (χ0v) is 9.73. The van der Waals surface area contributed by atoms with E-state index in [2.05, 4.69) is 5.32 Å². The highest BCUT2D eigenvalue weighted by Crippen LogP contribution is 2.26. The molecule has 0 bridgehead atoms. The van der Waals surface area contributed by atoms with Crippen LogP contribution in [0.5, 0.6) is 5.75 Å². The number of benzene rings is 2. The van der Waals surface area contributed by atoms with E-state index in [0.717, 1.165) is 16.5 Å². The van der Waals surface area contributed by atoms with Crippen LogP contribution >= 0.6 is 0 Å². The molecule has 0 radical (unpaired) electrons. The molecule has 3 heteroatoms. The second-order valence-electron chi connectivity index (χ2n) is 3.96. The van der Waals surface area contributed by atoms with Gasteiger partial charge in [-0.25, -0.2) is 0 Å². The Morgan fingerprint density at radius 2 is 2.12 bits per heavy atom. The number of Topliss-reactive ketones (excluding diaryl/α,β-unsaturated/α-hetero) is 1. The van der Waals surface area contributed by atoms with Crippen molar-refractivity contribution in [1.82, 2.24) is 0 Å². The highest BCUT2D eigenvalue weighted by molar-refractivity contribution is 5.96. The van der Waals surface area contributed by atoms with Gasteiger partial charge in [-0.05, 0) is 23.6 Å². The lowest BCUT2D eigenvalue weighted by Crippen LogP contribution is -2.12. The van der Waals surface area contributed by atoms with Crippen LogP contribution in [0.3, 0.4) is 0 Å². The smallest absolute Gasteiger partial charge is 0.151 e. The maximum Gasteiger partial charge on any atom is 0.151 e. The van der Waals surface area contributed by atoms with Gasteiger partial charge in [0.2, 0.25) is 0 Å². The lowest BCUT2D eigenvalue weighted by molar-refractivity contribution is -0.117. The molecule has 88 valence electrons. The van der Waals surface area contributed by atoms with E-state index in [9.17, 15) is 9.90 Å². The molecule has 2 N–H and O–H groups in total. The summed E-state index contributed by atoms with van der Waals surface area (Å²) in [6, 6.07) is 11.0. The second-order valence-corrected chi connectivity index (χ2v) is 3.96. The first kappa shape index (κ1) is 11.5. The molecular weight excluding hydrogens is 214 g/mol. The lowest BCUT2D eigenvalue weighted by Gasteiger charge is -2.09. The van der Waals surface area contributed by atoms with Crippen LogP contribution in [0.2, 0.25) is 0 Å². The Morgan fingerprint density at radius 1 is 1.29 bits per heavy atom. The molecule has 0 saturated carbocycles. The van der Waals surface area contributed by atoms with Crippen molar-refractivity contribution >= 4 is 22.2 Å². The fourth-order valence-electron chi connectivity index (χ4n) is 1.73. The summed E-state index contributed by atoms with van der Waals surface area (Å²) in [6.07, 6.45) is 0.531. The molecule has 3 nitrogen and oxygen atoms in total. The summed E-state index contributed by atoms with van der Waals surface area (Å²) in [5.41, 5.74) is 0.875. The fourth-order valence-corrected chi connectivity index (χ4v) is 1.73. The molecule has 0 atom stereocenters. The molecule has 0 amide bonds. The molecule has 0 spiro atoms. The van der Waals surface area contributed by atoms with Gasteiger partial charge in [-0.2, -0.15) is 0 Å². The molecule has 0 aliphatic heterocycles. The van der Waals surface area contributed by atoms with Gasteiger partial charge in [0, 0.05) is 17.5 Å². The molecule has 0 unspecified atom stereocenters. The molecule has 0 heterocycles. The highest BCUT2D eigenvalue weighted by Gasteiger charge is 2.03. The van der Waals surface area contributed by atoms with Gasteiger partial charge in [0.15, 0.2) is 5.78 Å². The highest BCUT2D eigenvalue weighted by atomic mass is 16.3. The topological polar surface area (TPSA) is 49.3 Å². The van der Waals surface area contributed by atoms with Crippen molar-refractivity contribution in [2.75, 3.05) is 11.9 Å². The number of aromatic hydroxyl groups is 1. The molecule has 2 aromatic carbocycles. The Balaban J connectivity index is 2.33. The summed E-state index contributed by atoms with van der Waals surface area (Å²) >= 11 is 0. The summed E-state index contributed by atoms with van der Waals surface area (Å²) < 4.78 is 0. The lowest BCUT2D eigenvalue weighted by atomic mass is 10.1. The SMILES string of the molecule is CCC(=O)CNc1cccc2ccc(O)cc12. The van der Waals surface area contributed by atoms with Gasteiger partial charge >= 0.3 is 0 Å². The number of phenolic OH excluding ortho intramolecular Hbond substituents is 1. The van der Waals surface area contributed by atoms with E-state index in [4.69, 9.17) is 0 Å². The second kappa shape index (κ2) is 4.87. The molecule has 2 rings (SSSR count). The molecule has 0 aromatic heterocycles. The van der Waals surface area contributed by atoms with E-state index in [-0.39, 0.29) is 11.5 Å². The molecule has 0 saturated heterocycles. The number of phenols is 1. The minimum absolute atomic E-state index is 0.169. The van der Waals surface area contributed by atoms with Gasteiger partial charge in [-0.15, -0.1) is 0 Å². The van der Waals surface area contributed by atoms with Crippen molar-refractivity contribution in [3.05, 3.63) is 36.4 Å². The summed E-state index contributed by atoms with van der Waals surface area (Å²) in [6.45, 7) is 2.17. The molecule has 0 fully saturated rings. The van der Waals surface area contributed by atoms with Gasteiger partial charge in [0.05, 0.1) is 6.54 Å². The van der Waals surface area contributed by atoms with Crippen molar-refractivity contribution < 1.29 is 9.90 Å². The largest absolute Gasteiger partial charge is 0.508 e. The summed E-state index contributed by atoms with van der Waals surface area (Å²) in [4.78, 5) is 11.3. The van der Waals surface area contributed by atoms with E-state index in [1.54, 1.807) is 12.1 Å². The molecule has 0 aliphatic rings. The minimum Gasteiger partial charge on any atom is -0.508 e. The molecule has 0 aliphatic carbocycles. The molecular formula is C14H15NO2. The van der Waals surface area contributed by atoms with Gasteiger partial charge in [-0.3, -0.25) is 4.79 Å². The first-order valence-corrected chi connectivity index (χ1v) is 5.68. The number of carbonyl (C=O) groups excluding carboxylic acids is 1. The average Bonchev–Trinajstić information content (AvgIpc) is 2.35. The Kier molecular flexibility index (Phi) is 3.28. The van der Waals surface area contributed by atoms with Crippen molar-refractivity contribution in [2.45, 2.75) is 13.3 Å². The molecule has 2 aromatic rings. The number of fused-ring (bicyclic) bond motifs is 1. The Bertz CT molecular complexity index is 549. The third kappa shape index (κ3) is 2.56. The van der Waals surface area contributed by atoms with E-state index in [0.29, 0.717) is 13.0 Å². The Labute approximate surface area is 100 Å². The van der Waals surface area contributed by atoms with Crippen LogP contribution in [-0.2, 0) is 4.79 Å². The van der Waals surface area contributed by atoms with Gasteiger partial charge in [-0.1, -0.05) is 25.1 Å². The maximum atomic E-state index is 11.3. The van der Waals surface area contributed by atoms with Crippen LogP contribution in [0.4, 0.5) is 5.69 Å². The van der Waals surface area contributed by atoms with E-state index >= 15 is 0 Å². The van der Waals surface area contributed by atoms with Gasteiger partial charge in [0.25, 0.3) is 0 Å². The van der Waals surface area contributed by atoms with Crippen molar-refractivity contribution in [2.24, 2.45) is 0 Å². The number of hydrogen-bond acceptors (Lipinski definition) is 3. The number of nitrogens with one attached hydrogen (secondary N) is 1. The van der Waals surface area contributed by atoms with Crippen LogP contribution in [0.15, 0.2) is 36.4 Å².